The van der Waals surface area contributed by atoms with Crippen molar-refractivity contribution >= 4 is 38.6 Å². The van der Waals surface area contributed by atoms with E-state index >= 15 is 0 Å². The van der Waals surface area contributed by atoms with Crippen LogP contribution in [0.5, 0.6) is 11.5 Å². The first-order valence-corrected chi connectivity index (χ1v) is 8.87. The van der Waals surface area contributed by atoms with Crippen LogP contribution in [0.25, 0.3) is 0 Å². The highest BCUT2D eigenvalue weighted by atomic mass is 127. The maximum absolute atomic E-state index is 11.2. The van der Waals surface area contributed by atoms with Gasteiger partial charge in [0.05, 0.1) is 9.83 Å². The average molecular weight is 425 g/mol. The number of carbonyl (C=O) groups excluding carboxylic acids is 1. The van der Waals surface area contributed by atoms with Crippen LogP contribution in [0.15, 0.2) is 24.8 Å². The van der Waals surface area contributed by atoms with Crippen LogP contribution in [-0.2, 0) is 21.3 Å². The van der Waals surface area contributed by atoms with Crippen LogP contribution in [0.4, 0.5) is 0 Å². The van der Waals surface area contributed by atoms with Gasteiger partial charge in [-0.3, -0.25) is 4.79 Å². The Bertz CT molecular complexity index is 642. The maximum Gasteiger partial charge on any atom is 0.306 e. The van der Waals surface area contributed by atoms with Gasteiger partial charge in [-0.1, -0.05) is 12.7 Å². The Morgan fingerprint density at radius 2 is 2.05 bits per heavy atom. The van der Waals surface area contributed by atoms with Crippen molar-refractivity contribution in [1.82, 2.24) is 0 Å². The summed E-state index contributed by atoms with van der Waals surface area (Å²) in [5, 5.41) is 0. The quantitative estimate of drug-likeness (QED) is 0.388. The van der Waals surface area contributed by atoms with Crippen molar-refractivity contribution in [1.29, 1.82) is 0 Å². The average Bonchev–Trinajstić information content (AvgIpc) is 2.36. The number of amides is 1. The Hall–Kier alpha value is -1.29. The molecule has 1 rings (SSSR count). The Labute approximate surface area is 137 Å². The molecule has 0 bridgehead atoms. The first kappa shape index (κ1) is 17.8. The standard InChI is InChI=1S/C13H16INO5S/c1-3-8-19-10-5-6-11(20-21(2,17)18)13(14)9(10)4-7-12(15)16/h3,5-6H,1,4,7-8H2,2H3,(H2,15,16). The summed E-state index contributed by atoms with van der Waals surface area (Å²) in [6.07, 6.45) is 3.02. The minimum atomic E-state index is -3.63. The molecule has 21 heavy (non-hydrogen) atoms. The number of hydrogen-bond acceptors (Lipinski definition) is 5. The molecule has 0 spiro atoms. The number of hydrogen-bond donors (Lipinski definition) is 1. The van der Waals surface area contributed by atoms with Gasteiger partial charge in [-0.25, -0.2) is 0 Å². The molecule has 8 heteroatoms. The molecule has 0 radical (unpaired) electrons. The van der Waals surface area contributed by atoms with Gasteiger partial charge in [0.15, 0.2) is 5.75 Å². The van der Waals surface area contributed by atoms with Crippen LogP contribution in [0.1, 0.15) is 12.0 Å². The van der Waals surface area contributed by atoms with Crippen molar-refractivity contribution in [2.75, 3.05) is 12.9 Å². The van der Waals surface area contributed by atoms with E-state index in [1.807, 2.05) is 22.6 Å². The fourth-order valence-corrected chi connectivity index (χ4v) is 3.01. The number of primary amides is 1. The Morgan fingerprint density at radius 1 is 1.43 bits per heavy atom. The van der Waals surface area contributed by atoms with Crippen molar-refractivity contribution in [2.45, 2.75) is 12.8 Å². The van der Waals surface area contributed by atoms with E-state index in [1.165, 1.54) is 6.07 Å². The molecular weight excluding hydrogens is 409 g/mol. The molecule has 0 aliphatic heterocycles. The van der Waals surface area contributed by atoms with E-state index in [0.29, 0.717) is 27.9 Å². The van der Waals surface area contributed by atoms with E-state index in [1.54, 1.807) is 12.1 Å². The molecule has 1 amide bonds. The number of carbonyl (C=O) groups is 1. The minimum Gasteiger partial charge on any atom is -0.489 e. The molecule has 6 nitrogen and oxygen atoms in total. The summed E-state index contributed by atoms with van der Waals surface area (Å²) >= 11 is 1.96. The van der Waals surface area contributed by atoms with E-state index in [9.17, 15) is 13.2 Å². The van der Waals surface area contributed by atoms with Gasteiger partial charge in [-0.2, -0.15) is 8.42 Å². The predicted octanol–water partition coefficient (Wildman–Crippen LogP) is 1.61. The largest absolute Gasteiger partial charge is 0.489 e. The summed E-state index contributed by atoms with van der Waals surface area (Å²) in [5.41, 5.74) is 5.83. The van der Waals surface area contributed by atoms with Gasteiger partial charge in [0.25, 0.3) is 0 Å². The fraction of sp³-hybridized carbons (Fsp3) is 0.308. The van der Waals surface area contributed by atoms with Crippen molar-refractivity contribution in [3.05, 3.63) is 33.9 Å². The second-order valence-electron chi connectivity index (χ2n) is 4.21. The van der Waals surface area contributed by atoms with E-state index < -0.39 is 16.0 Å². The summed E-state index contributed by atoms with van der Waals surface area (Å²) in [4.78, 5) is 11.0. The lowest BCUT2D eigenvalue weighted by atomic mass is 10.1. The Kier molecular flexibility index (Phi) is 6.46. The van der Waals surface area contributed by atoms with Gasteiger partial charge >= 0.3 is 10.1 Å². The van der Waals surface area contributed by atoms with Crippen LogP contribution < -0.4 is 14.7 Å². The number of nitrogens with two attached hydrogens (primary N) is 1. The van der Waals surface area contributed by atoms with Gasteiger partial charge in [-0.15, -0.1) is 0 Å². The maximum atomic E-state index is 11.2. The first-order valence-electron chi connectivity index (χ1n) is 5.97. The van der Waals surface area contributed by atoms with Crippen LogP contribution >= 0.6 is 22.6 Å². The second-order valence-corrected chi connectivity index (χ2v) is 6.86. The molecule has 0 atom stereocenters. The molecule has 2 N–H and O–H groups in total. The van der Waals surface area contributed by atoms with Gasteiger partial charge < -0.3 is 14.7 Å². The van der Waals surface area contributed by atoms with Crippen molar-refractivity contribution in [3.8, 4) is 11.5 Å². The van der Waals surface area contributed by atoms with Gasteiger partial charge in [0, 0.05) is 12.0 Å². The topological polar surface area (TPSA) is 95.7 Å². The number of rotatable bonds is 8. The molecule has 0 saturated heterocycles. The smallest absolute Gasteiger partial charge is 0.306 e. The first-order chi connectivity index (χ1) is 9.74. The van der Waals surface area contributed by atoms with Gasteiger partial charge in [-0.05, 0) is 41.1 Å². The summed E-state index contributed by atoms with van der Waals surface area (Å²) in [7, 11) is -3.63. The summed E-state index contributed by atoms with van der Waals surface area (Å²) in [5.74, 6) is 0.292. The highest BCUT2D eigenvalue weighted by Gasteiger charge is 2.17. The molecule has 0 aliphatic rings. The molecule has 0 saturated carbocycles. The number of ether oxygens (including phenoxy) is 1. The Balaban J connectivity index is 3.18. The number of benzene rings is 1. The summed E-state index contributed by atoms with van der Waals surface area (Å²) in [6, 6.07) is 3.11. The van der Waals surface area contributed by atoms with Crippen molar-refractivity contribution in [2.24, 2.45) is 5.73 Å². The summed E-state index contributed by atoms with van der Waals surface area (Å²) < 4.78 is 33.5. The Morgan fingerprint density at radius 3 is 2.57 bits per heavy atom. The van der Waals surface area contributed by atoms with Crippen molar-refractivity contribution < 1.29 is 22.1 Å². The SMILES string of the molecule is C=CCOc1ccc(OS(C)(=O)=O)c(I)c1CCC(N)=O. The number of halogens is 1. The molecule has 0 unspecified atom stereocenters. The highest BCUT2D eigenvalue weighted by molar-refractivity contribution is 14.1. The van der Waals surface area contributed by atoms with E-state index in [-0.39, 0.29) is 12.2 Å². The van der Waals surface area contributed by atoms with Gasteiger partial charge in [0.2, 0.25) is 5.91 Å². The molecular formula is C13H16INO5S. The third-order valence-corrected chi connectivity index (χ3v) is 4.05. The molecule has 0 heterocycles. The highest BCUT2D eigenvalue weighted by Crippen LogP contribution is 2.33. The lowest BCUT2D eigenvalue weighted by Gasteiger charge is -2.14. The molecule has 0 fully saturated rings. The lowest BCUT2D eigenvalue weighted by molar-refractivity contribution is -0.118. The molecule has 0 aromatic heterocycles. The van der Waals surface area contributed by atoms with Crippen LogP contribution in [0, 0.1) is 3.57 Å². The van der Waals surface area contributed by atoms with Crippen LogP contribution in [0.2, 0.25) is 0 Å². The normalized spacial score (nSPS) is 11.0. The molecule has 1 aromatic carbocycles. The summed E-state index contributed by atoms with van der Waals surface area (Å²) in [6.45, 7) is 3.86. The zero-order chi connectivity index (χ0) is 16.0. The third-order valence-electron chi connectivity index (χ3n) is 2.38. The zero-order valence-corrected chi connectivity index (χ0v) is 14.4. The van der Waals surface area contributed by atoms with Crippen molar-refractivity contribution in [3.63, 3.8) is 0 Å². The zero-order valence-electron chi connectivity index (χ0n) is 11.5. The minimum absolute atomic E-state index is 0.128. The lowest BCUT2D eigenvalue weighted by Crippen LogP contribution is -2.13. The molecule has 0 aliphatic carbocycles. The second kappa shape index (κ2) is 7.64. The molecule has 1 aromatic rings. The van der Waals surface area contributed by atoms with E-state index in [0.717, 1.165) is 6.26 Å². The van der Waals surface area contributed by atoms with E-state index in [4.69, 9.17) is 14.7 Å². The molecule has 116 valence electrons. The van der Waals surface area contributed by atoms with Gasteiger partial charge in [0.1, 0.15) is 12.4 Å². The monoisotopic (exact) mass is 425 g/mol. The van der Waals surface area contributed by atoms with Crippen LogP contribution in [-0.4, -0.2) is 27.2 Å². The van der Waals surface area contributed by atoms with E-state index in [2.05, 4.69) is 6.58 Å². The van der Waals surface area contributed by atoms with Crippen LogP contribution in [0.3, 0.4) is 0 Å². The fourth-order valence-electron chi connectivity index (χ4n) is 1.57. The predicted molar refractivity (Wildman–Crippen MR) is 87.8 cm³/mol. The third kappa shape index (κ3) is 5.92.